The lowest BCUT2D eigenvalue weighted by Crippen LogP contribution is -2.45. The van der Waals surface area contributed by atoms with Crippen molar-refractivity contribution in [3.63, 3.8) is 0 Å². The van der Waals surface area contributed by atoms with Gasteiger partial charge < -0.3 is 5.32 Å². The molecule has 1 N–H and O–H groups in total. The van der Waals surface area contributed by atoms with E-state index < -0.39 is 12.1 Å². The van der Waals surface area contributed by atoms with Crippen LogP contribution in [0.2, 0.25) is 0 Å². The van der Waals surface area contributed by atoms with Crippen LogP contribution in [0, 0.1) is 11.8 Å². The third-order valence-corrected chi connectivity index (χ3v) is 2.81. The van der Waals surface area contributed by atoms with E-state index in [1.165, 1.54) is 0 Å². The summed E-state index contributed by atoms with van der Waals surface area (Å²) in [4.78, 5) is 10.7. The van der Waals surface area contributed by atoms with Gasteiger partial charge >= 0.3 is 12.1 Å². The second-order valence-electron chi connectivity index (χ2n) is 4.17. The smallest absolute Gasteiger partial charge is 0.345 e. The van der Waals surface area contributed by atoms with Crippen molar-refractivity contribution in [2.75, 3.05) is 0 Å². The molecule has 2 rings (SSSR count). The average molecular weight is 207 g/mol. The van der Waals surface area contributed by atoms with Crippen LogP contribution >= 0.6 is 0 Å². The van der Waals surface area contributed by atoms with Gasteiger partial charge in [0, 0.05) is 6.04 Å². The van der Waals surface area contributed by atoms with Gasteiger partial charge in [0.1, 0.15) is 0 Å². The second kappa shape index (κ2) is 3.14. The Morgan fingerprint density at radius 2 is 1.57 bits per heavy atom. The Morgan fingerprint density at radius 3 is 1.86 bits per heavy atom. The lowest BCUT2D eigenvalue weighted by atomic mass is 10.1. The van der Waals surface area contributed by atoms with Gasteiger partial charge in [-0.15, -0.1) is 0 Å². The summed E-state index contributed by atoms with van der Waals surface area (Å²) in [6.07, 6.45) is -0.904. The average Bonchev–Trinajstić information content (AvgIpc) is 2.90. The Labute approximate surface area is 79.9 Å². The molecule has 0 saturated heterocycles. The maximum atomic E-state index is 12.0. The van der Waals surface area contributed by atoms with E-state index in [1.807, 2.05) is 0 Å². The topological polar surface area (TPSA) is 29.1 Å². The fourth-order valence-corrected chi connectivity index (χ4v) is 1.76. The molecule has 0 aliphatic heterocycles. The van der Waals surface area contributed by atoms with Crippen molar-refractivity contribution < 1.29 is 18.0 Å². The molecule has 2 nitrogen and oxygen atoms in total. The normalized spacial score (nSPS) is 22.6. The van der Waals surface area contributed by atoms with E-state index in [1.54, 1.807) is 0 Å². The molecule has 0 bridgehead atoms. The van der Waals surface area contributed by atoms with Crippen LogP contribution in [0.25, 0.3) is 0 Å². The van der Waals surface area contributed by atoms with Gasteiger partial charge in [-0.25, -0.2) is 0 Å². The number of hydrogen-bond acceptors (Lipinski definition) is 1. The van der Waals surface area contributed by atoms with E-state index in [0.29, 0.717) is 11.8 Å². The predicted molar refractivity (Wildman–Crippen MR) is 43.4 cm³/mol. The number of rotatable bonds is 3. The summed E-state index contributed by atoms with van der Waals surface area (Å²) in [5.41, 5.74) is 0. The van der Waals surface area contributed by atoms with E-state index in [-0.39, 0.29) is 6.04 Å². The molecule has 1 amide bonds. The summed E-state index contributed by atoms with van der Waals surface area (Å²) in [6, 6.07) is -0.218. The van der Waals surface area contributed by atoms with Crippen molar-refractivity contribution in [3.05, 3.63) is 0 Å². The number of carbonyl (C=O) groups excluding carboxylic acids is 1. The highest BCUT2D eigenvalue weighted by molar-refractivity contribution is 5.82. The molecule has 0 spiro atoms. The van der Waals surface area contributed by atoms with Crippen LogP contribution in [0.15, 0.2) is 0 Å². The lowest BCUT2D eigenvalue weighted by Gasteiger charge is -2.18. The van der Waals surface area contributed by atoms with E-state index >= 15 is 0 Å². The molecule has 14 heavy (non-hydrogen) atoms. The van der Waals surface area contributed by atoms with Gasteiger partial charge in [-0.05, 0) is 37.5 Å². The molecule has 2 aliphatic rings. The Hall–Kier alpha value is -0.740. The molecular formula is C9H12F3NO. The van der Waals surface area contributed by atoms with Crippen LogP contribution in [-0.4, -0.2) is 18.1 Å². The largest absolute Gasteiger partial charge is 0.471 e. The molecule has 2 saturated carbocycles. The van der Waals surface area contributed by atoms with Crippen LogP contribution < -0.4 is 5.32 Å². The number of nitrogens with one attached hydrogen (secondary N) is 1. The van der Waals surface area contributed by atoms with Crippen molar-refractivity contribution in [3.8, 4) is 0 Å². The van der Waals surface area contributed by atoms with Gasteiger partial charge in [-0.2, -0.15) is 13.2 Å². The zero-order valence-corrected chi connectivity index (χ0v) is 7.60. The van der Waals surface area contributed by atoms with E-state index in [0.717, 1.165) is 25.7 Å². The third kappa shape index (κ3) is 2.19. The van der Waals surface area contributed by atoms with Gasteiger partial charge in [0.05, 0.1) is 0 Å². The molecule has 0 unspecified atom stereocenters. The summed E-state index contributed by atoms with van der Waals surface area (Å²) in [5, 5.41) is 2.12. The van der Waals surface area contributed by atoms with E-state index in [9.17, 15) is 18.0 Å². The van der Waals surface area contributed by atoms with Crippen LogP contribution in [-0.2, 0) is 4.79 Å². The number of amides is 1. The maximum Gasteiger partial charge on any atom is 0.471 e. The van der Waals surface area contributed by atoms with Crippen LogP contribution in [0.3, 0.4) is 0 Å². The van der Waals surface area contributed by atoms with Gasteiger partial charge in [-0.1, -0.05) is 0 Å². The first-order chi connectivity index (χ1) is 6.48. The monoisotopic (exact) mass is 207 g/mol. The highest BCUT2D eigenvalue weighted by atomic mass is 19.4. The molecule has 0 aromatic carbocycles. The molecule has 0 heterocycles. The SMILES string of the molecule is O=C(NC(C1CC1)C1CC1)C(F)(F)F. The highest BCUT2D eigenvalue weighted by Crippen LogP contribution is 2.44. The Morgan fingerprint density at radius 1 is 1.14 bits per heavy atom. The number of halogens is 3. The fourth-order valence-electron chi connectivity index (χ4n) is 1.76. The summed E-state index contributed by atoms with van der Waals surface area (Å²) in [5.74, 6) is -1.18. The van der Waals surface area contributed by atoms with Crippen LogP contribution in [0.5, 0.6) is 0 Å². The van der Waals surface area contributed by atoms with Crippen LogP contribution in [0.1, 0.15) is 25.7 Å². The van der Waals surface area contributed by atoms with Crippen molar-refractivity contribution in [1.29, 1.82) is 0 Å². The Bertz CT molecular complexity index is 231. The first kappa shape index (κ1) is 9.80. The maximum absolute atomic E-state index is 12.0. The number of alkyl halides is 3. The first-order valence-electron chi connectivity index (χ1n) is 4.86. The zero-order valence-electron chi connectivity index (χ0n) is 7.60. The Kier molecular flexibility index (Phi) is 2.20. The number of hydrogen-bond donors (Lipinski definition) is 1. The Balaban J connectivity index is 1.90. The molecule has 0 atom stereocenters. The molecule has 80 valence electrons. The van der Waals surface area contributed by atoms with Gasteiger partial charge in [0.25, 0.3) is 0 Å². The quantitative estimate of drug-likeness (QED) is 0.751. The summed E-state index contributed by atoms with van der Waals surface area (Å²) >= 11 is 0. The minimum absolute atomic E-state index is 0.218. The van der Waals surface area contributed by atoms with Crippen LogP contribution in [0.4, 0.5) is 13.2 Å². The third-order valence-electron chi connectivity index (χ3n) is 2.81. The van der Waals surface area contributed by atoms with E-state index in [2.05, 4.69) is 5.32 Å². The van der Waals surface area contributed by atoms with Gasteiger partial charge in [-0.3, -0.25) is 4.79 Å². The molecule has 0 aromatic rings. The molecule has 2 aliphatic carbocycles. The standard InChI is InChI=1S/C9H12F3NO/c10-9(11,12)8(14)13-7(5-1-2-5)6-3-4-6/h5-7H,1-4H2,(H,13,14). The molecule has 2 fully saturated rings. The summed E-state index contributed by atoms with van der Waals surface area (Å²) < 4.78 is 35.9. The summed E-state index contributed by atoms with van der Waals surface area (Å²) in [7, 11) is 0. The first-order valence-corrected chi connectivity index (χ1v) is 4.86. The van der Waals surface area contributed by atoms with Gasteiger partial charge in [0.2, 0.25) is 0 Å². The minimum atomic E-state index is -4.73. The van der Waals surface area contributed by atoms with Crippen molar-refractivity contribution in [1.82, 2.24) is 5.32 Å². The summed E-state index contributed by atoms with van der Waals surface area (Å²) in [6.45, 7) is 0. The molecular weight excluding hydrogens is 195 g/mol. The zero-order chi connectivity index (χ0) is 10.3. The molecule has 0 aromatic heterocycles. The molecule has 0 radical (unpaired) electrons. The van der Waals surface area contributed by atoms with Crippen molar-refractivity contribution >= 4 is 5.91 Å². The second-order valence-corrected chi connectivity index (χ2v) is 4.17. The fraction of sp³-hybridized carbons (Fsp3) is 0.889. The lowest BCUT2D eigenvalue weighted by molar-refractivity contribution is -0.174. The number of carbonyl (C=O) groups is 1. The van der Waals surface area contributed by atoms with E-state index in [4.69, 9.17) is 0 Å². The highest BCUT2D eigenvalue weighted by Gasteiger charge is 2.46. The predicted octanol–water partition coefficient (Wildman–Crippen LogP) is 1.85. The minimum Gasteiger partial charge on any atom is -0.345 e. The van der Waals surface area contributed by atoms with Gasteiger partial charge in [0.15, 0.2) is 0 Å². The van der Waals surface area contributed by atoms with Crippen molar-refractivity contribution in [2.45, 2.75) is 37.9 Å². The molecule has 5 heteroatoms. The van der Waals surface area contributed by atoms with Crippen molar-refractivity contribution in [2.24, 2.45) is 11.8 Å².